The van der Waals surface area contributed by atoms with Crippen molar-refractivity contribution in [2.45, 2.75) is 47.6 Å². The molecule has 0 aliphatic rings. The average molecular weight is 411 g/mol. The van der Waals surface area contributed by atoms with E-state index < -0.39 is 0 Å². The number of rotatable bonds is 6. The van der Waals surface area contributed by atoms with Gasteiger partial charge in [-0.2, -0.15) is 5.10 Å². The van der Waals surface area contributed by atoms with Crippen LogP contribution in [0.1, 0.15) is 49.2 Å². The quantitative estimate of drug-likeness (QED) is 0.400. The number of hydrogen-bond acceptors (Lipinski definition) is 6. The number of carbonyl (C=O) groups is 1. The predicted octanol–water partition coefficient (Wildman–Crippen LogP) is 5.76. The highest BCUT2D eigenvalue weighted by Crippen LogP contribution is 2.35. The van der Waals surface area contributed by atoms with Crippen LogP contribution in [0.4, 0.5) is 10.8 Å². The molecule has 0 spiro atoms. The standard InChI is InChI=1S/C22H26N4O2S/c1-12(2)25-26-22-23-18-10-14(5)19(15(6)20(18)29-22)24-21(27)16-8-7-9-17(11-16)28-13(3)4/h7-11,13H,1-6H3,(H,23,26)(H,24,27). The summed E-state index contributed by atoms with van der Waals surface area (Å²) >= 11 is 1.52. The van der Waals surface area contributed by atoms with Crippen LogP contribution in [0.5, 0.6) is 5.75 Å². The van der Waals surface area contributed by atoms with Crippen LogP contribution in [0, 0.1) is 13.8 Å². The molecule has 6 nitrogen and oxygen atoms in total. The molecule has 2 N–H and O–H groups in total. The van der Waals surface area contributed by atoms with E-state index in [4.69, 9.17) is 4.74 Å². The summed E-state index contributed by atoms with van der Waals surface area (Å²) in [4.78, 5) is 17.5. The van der Waals surface area contributed by atoms with Gasteiger partial charge in [0.15, 0.2) is 0 Å². The van der Waals surface area contributed by atoms with Gasteiger partial charge in [0.05, 0.1) is 16.3 Å². The minimum Gasteiger partial charge on any atom is -0.491 e. The summed E-state index contributed by atoms with van der Waals surface area (Å²) in [6, 6.07) is 9.21. The first-order valence-electron chi connectivity index (χ1n) is 9.50. The number of thiazole rings is 1. The summed E-state index contributed by atoms with van der Waals surface area (Å²) in [7, 11) is 0. The first-order valence-corrected chi connectivity index (χ1v) is 10.3. The Balaban J connectivity index is 1.89. The maximum absolute atomic E-state index is 12.9. The Morgan fingerprint density at radius 3 is 2.66 bits per heavy atom. The van der Waals surface area contributed by atoms with Crippen molar-refractivity contribution in [1.82, 2.24) is 4.98 Å². The van der Waals surface area contributed by atoms with Crippen LogP contribution < -0.4 is 15.5 Å². The second-order valence-electron chi connectivity index (χ2n) is 7.38. The highest BCUT2D eigenvalue weighted by atomic mass is 32.1. The molecule has 152 valence electrons. The molecule has 0 aliphatic heterocycles. The van der Waals surface area contributed by atoms with Crippen molar-refractivity contribution in [3.63, 3.8) is 0 Å². The molecule has 3 aromatic rings. The molecule has 1 amide bonds. The predicted molar refractivity (Wildman–Crippen MR) is 122 cm³/mol. The molecule has 3 rings (SSSR count). The summed E-state index contributed by atoms with van der Waals surface area (Å²) in [5.41, 5.74) is 8.12. The SMILES string of the molecule is CC(C)=NNc1nc2cc(C)c(NC(=O)c3cccc(OC(C)C)c3)c(C)c2s1. The lowest BCUT2D eigenvalue weighted by Gasteiger charge is -2.14. The molecule has 2 aromatic carbocycles. The molecule has 0 fully saturated rings. The molecule has 7 heteroatoms. The number of fused-ring (bicyclic) bond motifs is 1. The molecule has 1 aromatic heterocycles. The molecule has 0 bridgehead atoms. The number of hydrazone groups is 1. The van der Waals surface area contributed by atoms with Crippen LogP contribution in [0.15, 0.2) is 35.4 Å². The summed E-state index contributed by atoms with van der Waals surface area (Å²) in [5, 5.41) is 8.01. The minimum atomic E-state index is -0.168. The molecule has 0 saturated heterocycles. The first-order chi connectivity index (χ1) is 13.7. The van der Waals surface area contributed by atoms with E-state index >= 15 is 0 Å². The number of aryl methyl sites for hydroxylation is 2. The van der Waals surface area contributed by atoms with E-state index in [2.05, 4.69) is 20.8 Å². The zero-order valence-electron chi connectivity index (χ0n) is 17.6. The third-order valence-electron chi connectivity index (χ3n) is 4.20. The minimum absolute atomic E-state index is 0.0511. The Hall–Kier alpha value is -2.93. The summed E-state index contributed by atoms with van der Waals surface area (Å²) in [5.74, 6) is 0.514. The Morgan fingerprint density at radius 1 is 1.21 bits per heavy atom. The molecular weight excluding hydrogens is 384 g/mol. The van der Waals surface area contributed by atoms with E-state index in [1.165, 1.54) is 11.3 Å². The van der Waals surface area contributed by atoms with Gasteiger partial charge in [-0.3, -0.25) is 10.2 Å². The lowest BCUT2D eigenvalue weighted by molar-refractivity contribution is 0.102. The van der Waals surface area contributed by atoms with E-state index in [0.29, 0.717) is 11.3 Å². The van der Waals surface area contributed by atoms with Gasteiger partial charge in [0, 0.05) is 17.0 Å². The van der Waals surface area contributed by atoms with Gasteiger partial charge in [0.1, 0.15) is 5.75 Å². The van der Waals surface area contributed by atoms with Crippen LogP contribution in [-0.2, 0) is 0 Å². The van der Waals surface area contributed by atoms with E-state index in [1.807, 2.05) is 59.7 Å². The second kappa shape index (κ2) is 8.61. The third kappa shape index (κ3) is 4.92. The summed E-state index contributed by atoms with van der Waals surface area (Å²) in [6.07, 6.45) is 0.0511. The van der Waals surface area contributed by atoms with E-state index in [9.17, 15) is 4.79 Å². The van der Waals surface area contributed by atoms with Crippen molar-refractivity contribution >= 4 is 44.0 Å². The zero-order valence-corrected chi connectivity index (χ0v) is 18.4. The van der Waals surface area contributed by atoms with Gasteiger partial charge >= 0.3 is 0 Å². The Kier molecular flexibility index (Phi) is 6.17. The van der Waals surface area contributed by atoms with Crippen molar-refractivity contribution in [2.24, 2.45) is 5.10 Å². The maximum atomic E-state index is 12.9. The number of ether oxygens (including phenoxy) is 1. The number of benzene rings is 2. The normalized spacial score (nSPS) is 10.9. The lowest BCUT2D eigenvalue weighted by atomic mass is 10.1. The third-order valence-corrected chi connectivity index (χ3v) is 5.29. The highest BCUT2D eigenvalue weighted by Gasteiger charge is 2.16. The Bertz CT molecular complexity index is 1080. The molecule has 0 radical (unpaired) electrons. The number of hydrogen-bond donors (Lipinski definition) is 2. The van der Waals surface area contributed by atoms with E-state index in [1.54, 1.807) is 12.1 Å². The van der Waals surface area contributed by atoms with Crippen molar-refractivity contribution < 1.29 is 9.53 Å². The maximum Gasteiger partial charge on any atom is 0.255 e. The molecule has 0 unspecified atom stereocenters. The molecular formula is C22H26N4O2S. The fraction of sp³-hybridized carbons (Fsp3) is 0.318. The van der Waals surface area contributed by atoms with Gasteiger partial charge < -0.3 is 10.1 Å². The molecule has 1 heterocycles. The van der Waals surface area contributed by atoms with Gasteiger partial charge in [-0.25, -0.2) is 4.98 Å². The highest BCUT2D eigenvalue weighted by molar-refractivity contribution is 7.22. The average Bonchev–Trinajstić information content (AvgIpc) is 3.06. The van der Waals surface area contributed by atoms with Gasteiger partial charge in [0.25, 0.3) is 5.91 Å². The van der Waals surface area contributed by atoms with Gasteiger partial charge in [-0.15, -0.1) is 0 Å². The molecule has 0 saturated carbocycles. The number of anilines is 2. The number of amides is 1. The van der Waals surface area contributed by atoms with Crippen LogP contribution in [0.2, 0.25) is 0 Å². The van der Waals surface area contributed by atoms with Crippen molar-refractivity contribution in [2.75, 3.05) is 10.7 Å². The first kappa shape index (κ1) is 20.8. The topological polar surface area (TPSA) is 75.6 Å². The second-order valence-corrected chi connectivity index (χ2v) is 8.38. The number of carbonyl (C=O) groups excluding carboxylic acids is 1. The van der Waals surface area contributed by atoms with Crippen molar-refractivity contribution in [1.29, 1.82) is 0 Å². The van der Waals surface area contributed by atoms with E-state index in [-0.39, 0.29) is 12.0 Å². The zero-order chi connectivity index (χ0) is 21.1. The number of nitrogens with zero attached hydrogens (tertiary/aromatic N) is 2. The fourth-order valence-electron chi connectivity index (χ4n) is 2.95. The van der Waals surface area contributed by atoms with Crippen molar-refractivity contribution in [3.05, 3.63) is 47.0 Å². The molecule has 29 heavy (non-hydrogen) atoms. The molecule has 0 aliphatic carbocycles. The fourth-order valence-corrected chi connectivity index (χ4v) is 3.85. The summed E-state index contributed by atoms with van der Waals surface area (Å²) < 4.78 is 6.72. The van der Waals surface area contributed by atoms with Crippen LogP contribution in [0.3, 0.4) is 0 Å². The largest absolute Gasteiger partial charge is 0.491 e. The van der Waals surface area contributed by atoms with Gasteiger partial charge in [-0.05, 0) is 76.9 Å². The summed E-state index contributed by atoms with van der Waals surface area (Å²) in [6.45, 7) is 11.7. The van der Waals surface area contributed by atoms with Gasteiger partial charge in [0.2, 0.25) is 5.13 Å². The van der Waals surface area contributed by atoms with Crippen LogP contribution >= 0.6 is 11.3 Å². The van der Waals surface area contributed by atoms with E-state index in [0.717, 1.165) is 37.9 Å². The van der Waals surface area contributed by atoms with Crippen LogP contribution in [-0.4, -0.2) is 22.7 Å². The van der Waals surface area contributed by atoms with Gasteiger partial charge in [-0.1, -0.05) is 17.4 Å². The smallest absolute Gasteiger partial charge is 0.255 e. The number of nitrogens with one attached hydrogen (secondary N) is 2. The Morgan fingerprint density at radius 2 is 1.97 bits per heavy atom. The van der Waals surface area contributed by atoms with Crippen molar-refractivity contribution in [3.8, 4) is 5.75 Å². The van der Waals surface area contributed by atoms with Crippen LogP contribution in [0.25, 0.3) is 10.2 Å². The number of aromatic nitrogens is 1. The Labute approximate surface area is 175 Å². The lowest BCUT2D eigenvalue weighted by Crippen LogP contribution is -2.14. The monoisotopic (exact) mass is 410 g/mol. The molecule has 0 atom stereocenters.